The molecule has 1 heterocycles. The minimum absolute atomic E-state index is 0.179. The third-order valence-electron chi connectivity index (χ3n) is 2.59. The standard InChI is InChI=1S/C12H12N2O3/c1-8(15)13-6-7-14-11(16)9-4-2-3-5-10(9)12(14)17/h2-5H,6-7H2,1H3,(H,13,15). The second kappa shape index (κ2) is 4.37. The highest BCUT2D eigenvalue weighted by atomic mass is 16.2. The normalized spacial score (nSPS) is 13.8. The topological polar surface area (TPSA) is 66.5 Å². The van der Waals surface area contributed by atoms with E-state index in [0.717, 1.165) is 4.90 Å². The molecule has 0 bridgehead atoms. The lowest BCUT2D eigenvalue weighted by atomic mass is 10.1. The quantitative estimate of drug-likeness (QED) is 0.768. The van der Waals surface area contributed by atoms with E-state index < -0.39 is 0 Å². The first-order valence-electron chi connectivity index (χ1n) is 5.31. The fraction of sp³-hybridized carbons (Fsp3) is 0.250. The van der Waals surface area contributed by atoms with Crippen molar-refractivity contribution in [2.75, 3.05) is 13.1 Å². The van der Waals surface area contributed by atoms with Crippen LogP contribution in [0.4, 0.5) is 0 Å². The molecular weight excluding hydrogens is 220 g/mol. The van der Waals surface area contributed by atoms with Crippen molar-refractivity contribution in [2.45, 2.75) is 6.92 Å². The van der Waals surface area contributed by atoms with Gasteiger partial charge in [0.25, 0.3) is 11.8 Å². The molecule has 5 heteroatoms. The summed E-state index contributed by atoms with van der Waals surface area (Å²) in [6.45, 7) is 1.87. The van der Waals surface area contributed by atoms with Gasteiger partial charge in [-0.05, 0) is 12.1 Å². The summed E-state index contributed by atoms with van der Waals surface area (Å²) < 4.78 is 0. The van der Waals surface area contributed by atoms with Crippen LogP contribution in [-0.4, -0.2) is 35.7 Å². The molecule has 17 heavy (non-hydrogen) atoms. The number of imide groups is 1. The molecule has 3 amide bonds. The van der Waals surface area contributed by atoms with Gasteiger partial charge in [0.2, 0.25) is 5.91 Å². The van der Waals surface area contributed by atoms with Crippen LogP contribution in [0.25, 0.3) is 0 Å². The molecular formula is C12H12N2O3. The number of nitrogens with zero attached hydrogens (tertiary/aromatic N) is 1. The molecule has 1 aliphatic heterocycles. The number of carbonyl (C=O) groups excluding carboxylic acids is 3. The molecule has 5 nitrogen and oxygen atoms in total. The van der Waals surface area contributed by atoms with Crippen LogP contribution in [0.15, 0.2) is 24.3 Å². The molecule has 1 aliphatic rings. The van der Waals surface area contributed by atoms with Crippen LogP contribution >= 0.6 is 0 Å². The van der Waals surface area contributed by atoms with Crippen molar-refractivity contribution < 1.29 is 14.4 Å². The summed E-state index contributed by atoms with van der Waals surface area (Å²) >= 11 is 0. The van der Waals surface area contributed by atoms with Gasteiger partial charge in [0.1, 0.15) is 0 Å². The summed E-state index contributed by atoms with van der Waals surface area (Å²) in [7, 11) is 0. The maximum Gasteiger partial charge on any atom is 0.261 e. The SMILES string of the molecule is CC(=O)NCCN1C(=O)c2ccccc2C1=O. The fourth-order valence-corrected chi connectivity index (χ4v) is 1.79. The van der Waals surface area contributed by atoms with Gasteiger partial charge in [-0.3, -0.25) is 19.3 Å². The molecule has 0 aromatic heterocycles. The first-order chi connectivity index (χ1) is 8.11. The van der Waals surface area contributed by atoms with E-state index in [2.05, 4.69) is 5.32 Å². The van der Waals surface area contributed by atoms with Gasteiger partial charge < -0.3 is 5.32 Å². The Morgan fingerprint density at radius 3 is 2.18 bits per heavy atom. The zero-order valence-electron chi connectivity index (χ0n) is 9.40. The van der Waals surface area contributed by atoms with Crippen molar-refractivity contribution in [3.63, 3.8) is 0 Å². The first kappa shape index (κ1) is 11.3. The number of fused-ring (bicyclic) bond motifs is 1. The van der Waals surface area contributed by atoms with Crippen LogP contribution in [-0.2, 0) is 4.79 Å². The molecule has 1 aromatic carbocycles. The van der Waals surface area contributed by atoms with Gasteiger partial charge in [0, 0.05) is 20.0 Å². The van der Waals surface area contributed by atoms with Crippen LogP contribution in [0.2, 0.25) is 0 Å². The average molecular weight is 232 g/mol. The van der Waals surface area contributed by atoms with Gasteiger partial charge >= 0.3 is 0 Å². The van der Waals surface area contributed by atoms with Crippen LogP contribution in [0.1, 0.15) is 27.6 Å². The third-order valence-corrected chi connectivity index (χ3v) is 2.59. The van der Waals surface area contributed by atoms with E-state index in [-0.39, 0.29) is 30.8 Å². The Morgan fingerprint density at radius 2 is 1.71 bits per heavy atom. The number of rotatable bonds is 3. The van der Waals surface area contributed by atoms with Gasteiger partial charge in [-0.25, -0.2) is 0 Å². The Bertz CT molecular complexity index is 461. The molecule has 0 unspecified atom stereocenters. The monoisotopic (exact) mass is 232 g/mol. The molecule has 0 atom stereocenters. The highest BCUT2D eigenvalue weighted by Crippen LogP contribution is 2.21. The van der Waals surface area contributed by atoms with Crippen molar-refractivity contribution in [3.05, 3.63) is 35.4 Å². The summed E-state index contributed by atoms with van der Waals surface area (Å²) in [5.41, 5.74) is 0.862. The molecule has 0 saturated carbocycles. The van der Waals surface area contributed by atoms with E-state index in [1.807, 2.05) is 0 Å². The van der Waals surface area contributed by atoms with E-state index in [9.17, 15) is 14.4 Å². The van der Waals surface area contributed by atoms with Gasteiger partial charge in [-0.15, -0.1) is 0 Å². The van der Waals surface area contributed by atoms with E-state index >= 15 is 0 Å². The summed E-state index contributed by atoms with van der Waals surface area (Å²) in [4.78, 5) is 35.6. The lowest BCUT2D eigenvalue weighted by Gasteiger charge is -2.13. The average Bonchev–Trinajstić information content (AvgIpc) is 2.54. The second-order valence-corrected chi connectivity index (χ2v) is 3.79. The van der Waals surface area contributed by atoms with Crippen molar-refractivity contribution >= 4 is 17.7 Å². The van der Waals surface area contributed by atoms with E-state index in [0.29, 0.717) is 11.1 Å². The van der Waals surface area contributed by atoms with Crippen molar-refractivity contribution in [3.8, 4) is 0 Å². The Morgan fingerprint density at radius 1 is 1.18 bits per heavy atom. The number of amides is 3. The van der Waals surface area contributed by atoms with Crippen LogP contribution in [0, 0.1) is 0 Å². The second-order valence-electron chi connectivity index (χ2n) is 3.79. The maximum absolute atomic E-state index is 11.9. The summed E-state index contributed by atoms with van der Waals surface area (Å²) in [5, 5.41) is 2.56. The van der Waals surface area contributed by atoms with E-state index in [4.69, 9.17) is 0 Å². The Balaban J connectivity index is 2.11. The largest absolute Gasteiger partial charge is 0.355 e. The van der Waals surface area contributed by atoms with Gasteiger partial charge in [0.05, 0.1) is 11.1 Å². The molecule has 0 saturated heterocycles. The lowest BCUT2D eigenvalue weighted by Crippen LogP contribution is -2.37. The highest BCUT2D eigenvalue weighted by Gasteiger charge is 2.34. The van der Waals surface area contributed by atoms with Gasteiger partial charge in [0.15, 0.2) is 0 Å². The predicted octanol–water partition coefficient (Wildman–Crippen LogP) is 0.419. The Labute approximate surface area is 98.4 Å². The molecule has 0 spiro atoms. The lowest BCUT2D eigenvalue weighted by molar-refractivity contribution is -0.119. The number of benzene rings is 1. The summed E-state index contributed by atoms with van der Waals surface area (Å²) in [6.07, 6.45) is 0. The zero-order chi connectivity index (χ0) is 12.4. The number of carbonyl (C=O) groups is 3. The summed E-state index contributed by atoms with van der Waals surface area (Å²) in [6, 6.07) is 6.71. The smallest absolute Gasteiger partial charge is 0.261 e. The first-order valence-corrected chi connectivity index (χ1v) is 5.31. The molecule has 1 N–H and O–H groups in total. The van der Waals surface area contributed by atoms with Crippen molar-refractivity contribution in [2.24, 2.45) is 0 Å². The minimum atomic E-state index is -0.295. The fourth-order valence-electron chi connectivity index (χ4n) is 1.79. The Kier molecular flexibility index (Phi) is 2.91. The predicted molar refractivity (Wildman–Crippen MR) is 60.5 cm³/mol. The molecule has 0 aliphatic carbocycles. The Hall–Kier alpha value is -2.17. The number of hydrogen-bond donors (Lipinski definition) is 1. The van der Waals surface area contributed by atoms with Gasteiger partial charge in [-0.2, -0.15) is 0 Å². The molecule has 2 rings (SSSR count). The van der Waals surface area contributed by atoms with Crippen molar-refractivity contribution in [1.29, 1.82) is 0 Å². The summed E-state index contributed by atoms with van der Waals surface area (Å²) in [5.74, 6) is -0.770. The minimum Gasteiger partial charge on any atom is -0.355 e. The third kappa shape index (κ3) is 2.04. The van der Waals surface area contributed by atoms with Crippen molar-refractivity contribution in [1.82, 2.24) is 10.2 Å². The molecule has 88 valence electrons. The van der Waals surface area contributed by atoms with Crippen LogP contribution in [0.3, 0.4) is 0 Å². The van der Waals surface area contributed by atoms with E-state index in [1.54, 1.807) is 24.3 Å². The highest BCUT2D eigenvalue weighted by molar-refractivity contribution is 6.21. The maximum atomic E-state index is 11.9. The number of hydrogen-bond acceptors (Lipinski definition) is 3. The molecule has 0 radical (unpaired) electrons. The van der Waals surface area contributed by atoms with E-state index in [1.165, 1.54) is 6.92 Å². The molecule has 0 fully saturated rings. The molecule has 1 aromatic rings. The zero-order valence-corrected chi connectivity index (χ0v) is 9.40. The number of nitrogens with one attached hydrogen (secondary N) is 1. The van der Waals surface area contributed by atoms with Gasteiger partial charge in [-0.1, -0.05) is 12.1 Å². The van der Waals surface area contributed by atoms with Crippen LogP contribution < -0.4 is 5.32 Å². The van der Waals surface area contributed by atoms with Crippen LogP contribution in [0.5, 0.6) is 0 Å².